The quantitative estimate of drug-likeness (QED) is 0.679. The van der Waals surface area contributed by atoms with Crippen LogP contribution in [0.5, 0.6) is 5.75 Å². The number of carbonyl (C=O) groups excluding carboxylic acids is 1. The smallest absolute Gasteiger partial charge is 0.269 e. The number of non-ortho nitro benzene ring substituents is 1. The van der Waals surface area contributed by atoms with Crippen molar-refractivity contribution in [1.29, 1.82) is 0 Å². The molecule has 114 valence electrons. The van der Waals surface area contributed by atoms with E-state index in [2.05, 4.69) is 5.32 Å². The van der Waals surface area contributed by atoms with Gasteiger partial charge in [-0.2, -0.15) is 0 Å². The van der Waals surface area contributed by atoms with Crippen molar-refractivity contribution >= 4 is 17.3 Å². The molecule has 0 fully saturated rings. The van der Waals surface area contributed by atoms with Gasteiger partial charge in [0.2, 0.25) is 5.91 Å². The molecular formula is C16H16N2O4. The first-order valence-electron chi connectivity index (χ1n) is 6.67. The largest absolute Gasteiger partial charge is 0.496 e. The summed E-state index contributed by atoms with van der Waals surface area (Å²) in [5.74, 6) is 0.595. The number of anilines is 1. The molecule has 1 N–H and O–H groups in total. The van der Waals surface area contributed by atoms with Crippen LogP contribution in [0.15, 0.2) is 42.5 Å². The minimum atomic E-state index is -0.480. The highest BCUT2D eigenvalue weighted by Gasteiger charge is 2.08. The van der Waals surface area contributed by atoms with Crippen molar-refractivity contribution in [2.45, 2.75) is 13.3 Å². The Hall–Kier alpha value is -2.89. The summed E-state index contributed by atoms with van der Waals surface area (Å²) in [5, 5.41) is 13.3. The van der Waals surface area contributed by atoms with Gasteiger partial charge in [-0.3, -0.25) is 14.9 Å². The van der Waals surface area contributed by atoms with E-state index in [1.165, 1.54) is 24.3 Å². The second-order valence-electron chi connectivity index (χ2n) is 4.83. The highest BCUT2D eigenvalue weighted by molar-refractivity contribution is 5.92. The Morgan fingerprint density at radius 1 is 1.23 bits per heavy atom. The molecule has 6 heteroatoms. The first kappa shape index (κ1) is 15.5. The number of aryl methyl sites for hydroxylation is 1. The Balaban J connectivity index is 2.00. The Morgan fingerprint density at radius 3 is 2.45 bits per heavy atom. The Kier molecular flexibility index (Phi) is 4.73. The van der Waals surface area contributed by atoms with Gasteiger partial charge in [-0.05, 0) is 36.2 Å². The first-order chi connectivity index (χ1) is 10.5. The number of rotatable bonds is 5. The third kappa shape index (κ3) is 3.82. The van der Waals surface area contributed by atoms with E-state index in [0.29, 0.717) is 5.69 Å². The van der Waals surface area contributed by atoms with E-state index in [4.69, 9.17) is 4.74 Å². The van der Waals surface area contributed by atoms with E-state index < -0.39 is 4.92 Å². The number of amides is 1. The van der Waals surface area contributed by atoms with Gasteiger partial charge in [0.15, 0.2) is 0 Å². The maximum atomic E-state index is 12.0. The average molecular weight is 300 g/mol. The van der Waals surface area contributed by atoms with E-state index >= 15 is 0 Å². The van der Waals surface area contributed by atoms with Crippen molar-refractivity contribution in [3.8, 4) is 5.75 Å². The van der Waals surface area contributed by atoms with Gasteiger partial charge in [-0.25, -0.2) is 0 Å². The van der Waals surface area contributed by atoms with Crippen molar-refractivity contribution in [3.05, 3.63) is 63.7 Å². The Bertz CT molecular complexity index is 696. The highest BCUT2D eigenvalue weighted by atomic mass is 16.6. The van der Waals surface area contributed by atoms with Crippen molar-refractivity contribution in [2.75, 3.05) is 12.4 Å². The molecule has 1 amide bonds. The molecule has 0 spiro atoms. The molecule has 2 aromatic carbocycles. The number of nitrogens with one attached hydrogen (secondary N) is 1. The number of nitro benzene ring substituents is 1. The first-order valence-corrected chi connectivity index (χ1v) is 6.67. The number of methoxy groups -OCH3 is 1. The molecule has 0 aliphatic rings. The summed E-state index contributed by atoms with van der Waals surface area (Å²) in [6, 6.07) is 11.3. The number of ether oxygens (including phenoxy) is 1. The maximum absolute atomic E-state index is 12.0. The van der Waals surface area contributed by atoms with Gasteiger partial charge in [-0.15, -0.1) is 0 Å². The van der Waals surface area contributed by atoms with Crippen LogP contribution in [0.25, 0.3) is 0 Å². The number of hydrogen-bond donors (Lipinski definition) is 1. The van der Waals surface area contributed by atoms with Crippen LogP contribution in [0, 0.1) is 17.0 Å². The lowest BCUT2D eigenvalue weighted by Crippen LogP contribution is -2.14. The van der Waals surface area contributed by atoms with Gasteiger partial charge in [0, 0.05) is 17.8 Å². The lowest BCUT2D eigenvalue weighted by molar-refractivity contribution is -0.384. The third-order valence-corrected chi connectivity index (χ3v) is 3.19. The highest BCUT2D eigenvalue weighted by Crippen LogP contribution is 2.19. The summed E-state index contributed by atoms with van der Waals surface area (Å²) in [6.07, 6.45) is 0.224. The van der Waals surface area contributed by atoms with Crippen LogP contribution in [-0.2, 0) is 11.2 Å². The number of nitrogens with zero attached hydrogens (tertiary/aromatic N) is 1. The number of nitro groups is 1. The molecule has 2 rings (SSSR count). The average Bonchev–Trinajstić information content (AvgIpc) is 2.48. The van der Waals surface area contributed by atoms with Crippen LogP contribution in [0.1, 0.15) is 11.1 Å². The molecule has 0 saturated heterocycles. The van der Waals surface area contributed by atoms with Crippen LogP contribution in [0.3, 0.4) is 0 Å². The molecule has 0 aliphatic carbocycles. The van der Waals surface area contributed by atoms with Crippen molar-refractivity contribution in [1.82, 2.24) is 0 Å². The minimum absolute atomic E-state index is 0.0104. The van der Waals surface area contributed by atoms with Crippen LogP contribution in [0.4, 0.5) is 11.4 Å². The van der Waals surface area contributed by atoms with Crippen molar-refractivity contribution in [2.24, 2.45) is 0 Å². The van der Waals surface area contributed by atoms with Crippen LogP contribution >= 0.6 is 0 Å². The lowest BCUT2D eigenvalue weighted by Gasteiger charge is -2.08. The van der Waals surface area contributed by atoms with E-state index in [1.54, 1.807) is 7.11 Å². The van der Waals surface area contributed by atoms with Crippen LogP contribution in [-0.4, -0.2) is 17.9 Å². The fraction of sp³-hybridized carbons (Fsp3) is 0.188. The second-order valence-corrected chi connectivity index (χ2v) is 4.83. The predicted octanol–water partition coefficient (Wildman–Crippen LogP) is 3.09. The molecule has 0 aliphatic heterocycles. The summed E-state index contributed by atoms with van der Waals surface area (Å²) in [6.45, 7) is 1.91. The molecule has 6 nitrogen and oxygen atoms in total. The van der Waals surface area contributed by atoms with Crippen LogP contribution in [0.2, 0.25) is 0 Å². The van der Waals surface area contributed by atoms with Gasteiger partial charge in [0.1, 0.15) is 5.75 Å². The summed E-state index contributed by atoms with van der Waals surface area (Å²) in [7, 11) is 1.60. The molecule has 0 radical (unpaired) electrons. The van der Waals surface area contributed by atoms with Crippen molar-refractivity contribution in [3.63, 3.8) is 0 Å². The molecular weight excluding hydrogens is 284 g/mol. The topological polar surface area (TPSA) is 81.5 Å². The van der Waals surface area contributed by atoms with Gasteiger partial charge >= 0.3 is 0 Å². The summed E-state index contributed by atoms with van der Waals surface area (Å²) >= 11 is 0. The number of benzene rings is 2. The zero-order chi connectivity index (χ0) is 16.1. The fourth-order valence-electron chi connectivity index (χ4n) is 2.11. The van der Waals surface area contributed by atoms with E-state index in [9.17, 15) is 14.9 Å². The summed E-state index contributed by atoms with van der Waals surface area (Å²) < 4.78 is 5.18. The maximum Gasteiger partial charge on any atom is 0.269 e. The monoisotopic (exact) mass is 300 g/mol. The van der Waals surface area contributed by atoms with E-state index in [1.807, 2.05) is 25.1 Å². The third-order valence-electron chi connectivity index (χ3n) is 3.19. The molecule has 0 heterocycles. The summed E-state index contributed by atoms with van der Waals surface area (Å²) in [4.78, 5) is 22.1. The van der Waals surface area contributed by atoms with Gasteiger partial charge in [0.25, 0.3) is 5.69 Å². The van der Waals surface area contributed by atoms with Crippen LogP contribution < -0.4 is 10.1 Å². The molecule has 0 atom stereocenters. The molecule has 22 heavy (non-hydrogen) atoms. The molecule has 0 bridgehead atoms. The standard InChI is InChI=1S/C16H16N2O4/c1-11-9-12(3-8-15(11)22-2)10-16(19)17-13-4-6-14(7-5-13)18(20)21/h3-9H,10H2,1-2H3,(H,17,19). The fourth-order valence-corrected chi connectivity index (χ4v) is 2.11. The number of carbonyl (C=O) groups is 1. The van der Waals surface area contributed by atoms with Gasteiger partial charge in [-0.1, -0.05) is 12.1 Å². The zero-order valence-electron chi connectivity index (χ0n) is 12.3. The lowest BCUT2D eigenvalue weighted by atomic mass is 10.1. The van der Waals surface area contributed by atoms with Crippen molar-refractivity contribution < 1.29 is 14.5 Å². The van der Waals surface area contributed by atoms with E-state index in [-0.39, 0.29) is 18.0 Å². The Labute approximate surface area is 127 Å². The number of hydrogen-bond acceptors (Lipinski definition) is 4. The Morgan fingerprint density at radius 2 is 1.91 bits per heavy atom. The minimum Gasteiger partial charge on any atom is -0.496 e. The normalized spacial score (nSPS) is 10.1. The molecule has 0 unspecified atom stereocenters. The molecule has 0 saturated carbocycles. The molecule has 0 aromatic heterocycles. The van der Waals surface area contributed by atoms with Gasteiger partial charge in [0.05, 0.1) is 18.5 Å². The second kappa shape index (κ2) is 6.71. The SMILES string of the molecule is COc1ccc(CC(=O)Nc2ccc([N+](=O)[O-])cc2)cc1C. The predicted molar refractivity (Wildman–Crippen MR) is 83.2 cm³/mol. The zero-order valence-corrected chi connectivity index (χ0v) is 12.3. The van der Waals surface area contributed by atoms with E-state index in [0.717, 1.165) is 16.9 Å². The van der Waals surface area contributed by atoms with Gasteiger partial charge < -0.3 is 10.1 Å². The molecule has 2 aromatic rings. The summed E-state index contributed by atoms with van der Waals surface area (Å²) in [5.41, 5.74) is 2.35.